The second-order valence-corrected chi connectivity index (χ2v) is 3.75. The van der Waals surface area contributed by atoms with E-state index in [0.29, 0.717) is 16.7 Å². The number of aliphatic hydroxyl groups excluding tert-OH is 1. The summed E-state index contributed by atoms with van der Waals surface area (Å²) in [5, 5.41) is 17.6. The molecule has 0 fully saturated rings. The molecule has 1 unspecified atom stereocenters. The molecule has 0 saturated heterocycles. The topological polar surface area (TPSA) is 57.5 Å². The first-order valence-electron chi connectivity index (χ1n) is 3.96. The van der Waals surface area contributed by atoms with Crippen molar-refractivity contribution in [1.29, 1.82) is 0 Å². The van der Waals surface area contributed by atoms with E-state index in [0.717, 1.165) is 0 Å². The summed E-state index contributed by atoms with van der Waals surface area (Å²) in [5.74, 6) is -3.88. The van der Waals surface area contributed by atoms with Gasteiger partial charge >= 0.3 is 5.97 Å². The first kappa shape index (κ1) is 11.9. The number of hydrogen-bond acceptors (Lipinski definition) is 3. The lowest BCUT2D eigenvalue weighted by molar-refractivity contribution is -0.146. The van der Waals surface area contributed by atoms with Crippen LogP contribution >= 0.6 is 11.8 Å². The molecule has 0 heterocycles. The minimum Gasteiger partial charge on any atom is -0.479 e. The zero-order valence-electron chi connectivity index (χ0n) is 7.43. The van der Waals surface area contributed by atoms with Crippen molar-refractivity contribution in [3.63, 3.8) is 0 Å². The van der Waals surface area contributed by atoms with Crippen LogP contribution in [0.2, 0.25) is 0 Å². The van der Waals surface area contributed by atoms with Crippen molar-refractivity contribution in [2.75, 3.05) is 0 Å². The maximum atomic E-state index is 11.9. The Morgan fingerprint density at radius 2 is 1.80 bits per heavy atom. The Morgan fingerprint density at radius 1 is 1.27 bits per heavy atom. The first-order valence-corrected chi connectivity index (χ1v) is 4.84. The van der Waals surface area contributed by atoms with Crippen LogP contribution in [0.15, 0.2) is 29.2 Å². The summed E-state index contributed by atoms with van der Waals surface area (Å²) < 4.78 is 23.9. The number of aliphatic hydroxyl groups is 1. The normalized spacial score (nSPS) is 12.8. The van der Waals surface area contributed by atoms with Crippen LogP contribution in [0.4, 0.5) is 8.78 Å². The predicted molar refractivity (Wildman–Crippen MR) is 50.9 cm³/mol. The maximum absolute atomic E-state index is 11.9. The molecule has 0 aliphatic carbocycles. The summed E-state index contributed by atoms with van der Waals surface area (Å²) in [7, 11) is 0. The lowest BCUT2D eigenvalue weighted by Crippen LogP contribution is -2.10. The van der Waals surface area contributed by atoms with Crippen LogP contribution in [0.1, 0.15) is 11.7 Å². The second-order valence-electron chi connectivity index (χ2n) is 2.69. The van der Waals surface area contributed by atoms with Gasteiger partial charge in [0.25, 0.3) is 5.76 Å². The molecule has 3 nitrogen and oxygen atoms in total. The number of aliphatic carboxylic acids is 1. The van der Waals surface area contributed by atoms with Crippen molar-refractivity contribution in [2.24, 2.45) is 0 Å². The summed E-state index contributed by atoms with van der Waals surface area (Å²) in [6, 6.07) is 5.31. The van der Waals surface area contributed by atoms with Crippen LogP contribution in [0, 0.1) is 0 Å². The average Bonchev–Trinajstić information content (AvgIpc) is 2.17. The minimum absolute atomic E-state index is 0.168. The zero-order chi connectivity index (χ0) is 11.4. The Bertz CT molecular complexity index is 340. The van der Waals surface area contributed by atoms with E-state index in [2.05, 4.69) is 0 Å². The van der Waals surface area contributed by atoms with Gasteiger partial charge in [-0.3, -0.25) is 0 Å². The minimum atomic E-state index is -2.51. The van der Waals surface area contributed by atoms with Gasteiger partial charge in [-0.25, -0.2) is 4.79 Å². The Morgan fingerprint density at radius 3 is 2.20 bits per heavy atom. The molecule has 15 heavy (non-hydrogen) atoms. The van der Waals surface area contributed by atoms with Gasteiger partial charge < -0.3 is 10.2 Å². The molecule has 0 aliphatic rings. The summed E-state index contributed by atoms with van der Waals surface area (Å²) in [5.41, 5.74) is 0.168. The molecule has 0 saturated carbocycles. The molecule has 0 bridgehead atoms. The summed E-state index contributed by atoms with van der Waals surface area (Å²) in [4.78, 5) is 10.7. The Kier molecular flexibility index (Phi) is 4.05. The Labute approximate surface area is 88.7 Å². The van der Waals surface area contributed by atoms with Crippen LogP contribution in [-0.2, 0) is 4.79 Å². The fourth-order valence-electron chi connectivity index (χ4n) is 0.974. The van der Waals surface area contributed by atoms with Crippen LogP contribution in [0.3, 0.4) is 0 Å². The SMILES string of the molecule is O=C(O)C(O)c1ccc(SC(F)F)cc1. The largest absolute Gasteiger partial charge is 0.479 e. The van der Waals surface area contributed by atoms with E-state index in [9.17, 15) is 13.6 Å². The van der Waals surface area contributed by atoms with Crippen molar-refractivity contribution >= 4 is 17.7 Å². The van der Waals surface area contributed by atoms with Crippen molar-refractivity contribution < 1.29 is 23.8 Å². The number of thioether (sulfide) groups is 1. The van der Waals surface area contributed by atoms with Gasteiger partial charge in [-0.05, 0) is 17.7 Å². The van der Waals surface area contributed by atoms with E-state index in [1.165, 1.54) is 24.3 Å². The number of benzene rings is 1. The van der Waals surface area contributed by atoms with Gasteiger partial charge in [0, 0.05) is 4.90 Å². The maximum Gasteiger partial charge on any atom is 0.337 e. The third-order valence-corrected chi connectivity index (χ3v) is 2.38. The highest BCUT2D eigenvalue weighted by Crippen LogP contribution is 2.26. The fraction of sp³-hybridized carbons (Fsp3) is 0.222. The van der Waals surface area contributed by atoms with Crippen molar-refractivity contribution in [3.05, 3.63) is 29.8 Å². The number of carboxylic acids is 1. The molecular formula is C9H8F2O3S. The molecule has 0 aromatic heterocycles. The van der Waals surface area contributed by atoms with Gasteiger partial charge in [0.05, 0.1) is 0 Å². The monoisotopic (exact) mass is 234 g/mol. The number of hydrogen-bond donors (Lipinski definition) is 2. The fourth-order valence-corrected chi connectivity index (χ4v) is 1.47. The molecule has 6 heteroatoms. The second kappa shape index (κ2) is 5.09. The quantitative estimate of drug-likeness (QED) is 0.783. The molecule has 0 amide bonds. The molecule has 0 spiro atoms. The van der Waals surface area contributed by atoms with E-state index in [1.807, 2.05) is 0 Å². The number of rotatable bonds is 4. The lowest BCUT2D eigenvalue weighted by atomic mass is 10.1. The van der Waals surface area contributed by atoms with Crippen molar-refractivity contribution in [2.45, 2.75) is 16.8 Å². The highest BCUT2D eigenvalue weighted by molar-refractivity contribution is 7.99. The summed E-state index contributed by atoms with van der Waals surface area (Å²) >= 11 is 0.365. The Balaban J connectivity index is 2.76. The number of carbonyl (C=O) groups is 1. The summed E-state index contributed by atoms with van der Waals surface area (Å²) in [6.07, 6.45) is -1.62. The van der Waals surface area contributed by atoms with Gasteiger partial charge in [0.2, 0.25) is 0 Å². The third-order valence-electron chi connectivity index (χ3n) is 1.65. The van der Waals surface area contributed by atoms with Gasteiger partial charge in [-0.15, -0.1) is 0 Å². The molecule has 1 aromatic carbocycles. The third kappa shape index (κ3) is 3.49. The van der Waals surface area contributed by atoms with Gasteiger partial charge in [-0.2, -0.15) is 8.78 Å². The number of alkyl halides is 2. The molecule has 2 N–H and O–H groups in total. The Hall–Kier alpha value is -1.14. The van der Waals surface area contributed by atoms with E-state index in [1.54, 1.807) is 0 Å². The average molecular weight is 234 g/mol. The van der Waals surface area contributed by atoms with E-state index in [-0.39, 0.29) is 5.56 Å². The van der Waals surface area contributed by atoms with Crippen LogP contribution in [0.25, 0.3) is 0 Å². The smallest absolute Gasteiger partial charge is 0.337 e. The first-order chi connectivity index (χ1) is 7.00. The lowest BCUT2D eigenvalue weighted by Gasteiger charge is -2.06. The highest BCUT2D eigenvalue weighted by Gasteiger charge is 2.15. The molecule has 0 radical (unpaired) electrons. The molecule has 1 atom stereocenters. The van der Waals surface area contributed by atoms with E-state index in [4.69, 9.17) is 10.2 Å². The molecule has 1 rings (SSSR count). The van der Waals surface area contributed by atoms with E-state index >= 15 is 0 Å². The van der Waals surface area contributed by atoms with Crippen molar-refractivity contribution in [1.82, 2.24) is 0 Å². The standard InChI is InChI=1S/C9H8F2O3S/c10-9(11)15-6-3-1-5(2-4-6)7(12)8(13)14/h1-4,7,9,12H,(H,13,14). The predicted octanol–water partition coefficient (Wildman–Crippen LogP) is 2.12. The summed E-state index contributed by atoms with van der Waals surface area (Å²) in [6.45, 7) is 0. The molecule has 0 aliphatic heterocycles. The van der Waals surface area contributed by atoms with Gasteiger partial charge in [-0.1, -0.05) is 23.9 Å². The highest BCUT2D eigenvalue weighted by atomic mass is 32.2. The molecule has 82 valence electrons. The van der Waals surface area contributed by atoms with Gasteiger partial charge in [0.15, 0.2) is 6.10 Å². The number of halogens is 2. The molecule has 1 aromatic rings. The number of carboxylic acid groups (broad SMARTS) is 1. The zero-order valence-corrected chi connectivity index (χ0v) is 8.25. The van der Waals surface area contributed by atoms with Gasteiger partial charge in [0.1, 0.15) is 0 Å². The van der Waals surface area contributed by atoms with Crippen molar-refractivity contribution in [3.8, 4) is 0 Å². The van der Waals surface area contributed by atoms with Crippen LogP contribution in [-0.4, -0.2) is 21.9 Å². The molecular weight excluding hydrogens is 226 g/mol. The van der Waals surface area contributed by atoms with E-state index < -0.39 is 17.8 Å². The van der Waals surface area contributed by atoms with Crippen LogP contribution in [0.5, 0.6) is 0 Å². The van der Waals surface area contributed by atoms with Crippen LogP contribution < -0.4 is 0 Å².